The van der Waals surface area contributed by atoms with Gasteiger partial charge in [0.15, 0.2) is 28.9 Å². The van der Waals surface area contributed by atoms with E-state index in [0.717, 1.165) is 20.8 Å². The van der Waals surface area contributed by atoms with E-state index in [0.29, 0.717) is 0 Å². The van der Waals surface area contributed by atoms with E-state index in [1.807, 2.05) is 0 Å². The molecule has 0 amide bonds. The van der Waals surface area contributed by atoms with Gasteiger partial charge in [0.25, 0.3) is 0 Å². The highest BCUT2D eigenvalue weighted by atomic mass is 32.8. The minimum atomic E-state index is -1.48. The molecule has 6 atom stereocenters. The van der Waals surface area contributed by atoms with Crippen LogP contribution in [0.4, 0.5) is 0 Å². The molecule has 158 valence electrons. The van der Waals surface area contributed by atoms with Crippen molar-refractivity contribution in [1.82, 2.24) is 0 Å². The van der Waals surface area contributed by atoms with Crippen molar-refractivity contribution in [2.24, 2.45) is 0 Å². The third kappa shape index (κ3) is 6.91. The fraction of sp³-hybridized carbons (Fsp3) is 0.688. The van der Waals surface area contributed by atoms with Crippen molar-refractivity contribution in [2.45, 2.75) is 64.5 Å². The third-order valence-corrected chi connectivity index (χ3v) is 6.08. The Morgan fingerprint density at radius 2 is 1.25 bits per heavy atom. The van der Waals surface area contributed by atoms with Gasteiger partial charge in [0, 0.05) is 34.6 Å². The molecule has 0 aromatic heterocycles. The van der Waals surface area contributed by atoms with E-state index in [9.17, 15) is 24.0 Å². The molecule has 0 aliphatic carbocycles. The maximum atomic E-state index is 11.8. The molecule has 0 bridgehead atoms. The molecular formula is C16H22O10S2. The van der Waals surface area contributed by atoms with Gasteiger partial charge < -0.3 is 23.7 Å². The Bertz CT molecular complexity index is 676. The maximum absolute atomic E-state index is 11.8. The number of hydrogen-bond donors (Lipinski definition) is 0. The van der Waals surface area contributed by atoms with Crippen molar-refractivity contribution in [3.8, 4) is 0 Å². The van der Waals surface area contributed by atoms with Crippen molar-refractivity contribution in [3.05, 3.63) is 0 Å². The summed E-state index contributed by atoms with van der Waals surface area (Å²) in [5.74, 6) is -2.86. The van der Waals surface area contributed by atoms with Gasteiger partial charge in [0.2, 0.25) is 0 Å². The molecule has 28 heavy (non-hydrogen) atoms. The smallest absolute Gasteiger partial charge is 0.303 e. The van der Waals surface area contributed by atoms with Crippen LogP contribution in [0.15, 0.2) is 0 Å². The van der Waals surface area contributed by atoms with Gasteiger partial charge in [0.05, 0.1) is 0 Å². The van der Waals surface area contributed by atoms with Gasteiger partial charge in [-0.05, 0) is 20.6 Å². The summed E-state index contributed by atoms with van der Waals surface area (Å²) in [6.45, 7) is 5.39. The number of carbonyl (C=O) groups is 5. The Morgan fingerprint density at radius 3 is 1.68 bits per heavy atom. The average Bonchev–Trinajstić information content (AvgIpc) is 2.54. The van der Waals surface area contributed by atoms with E-state index in [4.69, 9.17) is 34.9 Å². The summed E-state index contributed by atoms with van der Waals surface area (Å²) >= 11 is 5.20. The molecule has 1 fully saturated rings. The van der Waals surface area contributed by atoms with Crippen LogP contribution in [0, 0.1) is 0 Å². The highest BCUT2D eigenvalue weighted by Crippen LogP contribution is 2.31. The van der Waals surface area contributed by atoms with Crippen LogP contribution < -0.4 is 0 Å². The minimum absolute atomic E-state index is 0.362. The first-order valence-electron chi connectivity index (χ1n) is 8.15. The Balaban J connectivity index is 3.41. The Hall–Kier alpha value is -1.92. The van der Waals surface area contributed by atoms with Crippen LogP contribution in [0.5, 0.6) is 0 Å². The van der Waals surface area contributed by atoms with Crippen LogP contribution in [0.25, 0.3) is 0 Å². The van der Waals surface area contributed by atoms with Gasteiger partial charge in [-0.1, -0.05) is 0 Å². The molecule has 12 heteroatoms. The maximum Gasteiger partial charge on any atom is 0.303 e. The summed E-state index contributed by atoms with van der Waals surface area (Å²) in [6, 6.07) is 0. The van der Waals surface area contributed by atoms with Crippen molar-refractivity contribution in [2.75, 3.05) is 6.61 Å². The predicted molar refractivity (Wildman–Crippen MR) is 97.4 cm³/mol. The first kappa shape index (κ1) is 24.1. The lowest BCUT2D eigenvalue weighted by Crippen LogP contribution is -2.63. The fourth-order valence-corrected chi connectivity index (χ4v) is 4.01. The standard InChI is InChI=1S/C16H22O10S2/c1-7(17)22-6-12-13(23-8(2)18)14(24-9(3)19)15(25-10(4)20)16(26-12)28(27)11(5)21/h12-16H,6H2,1-5H3/t12-,13+,14+,15-,16+,28?/m1/s1. The lowest BCUT2D eigenvalue weighted by Gasteiger charge is -2.44. The zero-order chi connectivity index (χ0) is 21.6. The molecule has 0 radical (unpaired) electrons. The van der Waals surface area contributed by atoms with E-state index in [1.165, 1.54) is 13.8 Å². The third-order valence-electron chi connectivity index (χ3n) is 3.44. The molecule has 0 aromatic carbocycles. The number of ether oxygens (including phenoxy) is 5. The number of esters is 4. The van der Waals surface area contributed by atoms with Gasteiger partial charge in [0.1, 0.15) is 12.7 Å². The molecule has 1 aliphatic heterocycles. The summed E-state index contributed by atoms with van der Waals surface area (Å²) in [5.41, 5.74) is -1.17. The summed E-state index contributed by atoms with van der Waals surface area (Å²) in [6.07, 6.45) is -4.99. The lowest BCUT2D eigenvalue weighted by atomic mass is 9.99. The number of rotatable bonds is 6. The molecule has 1 saturated heterocycles. The topological polar surface area (TPSA) is 132 Å². The highest BCUT2D eigenvalue weighted by Gasteiger charge is 2.53. The van der Waals surface area contributed by atoms with E-state index >= 15 is 0 Å². The monoisotopic (exact) mass is 438 g/mol. The van der Waals surface area contributed by atoms with Crippen LogP contribution >= 0.6 is 0 Å². The quantitative estimate of drug-likeness (QED) is 0.400. The van der Waals surface area contributed by atoms with Crippen molar-refractivity contribution in [1.29, 1.82) is 0 Å². The molecule has 0 spiro atoms. The molecule has 1 heterocycles. The molecule has 0 saturated carbocycles. The first-order valence-corrected chi connectivity index (χ1v) is 10.4. The minimum Gasteiger partial charge on any atom is -0.463 e. The Kier molecular flexibility index (Phi) is 9.11. The second kappa shape index (κ2) is 10.6. The van der Waals surface area contributed by atoms with E-state index < -0.39 is 68.3 Å². The highest BCUT2D eigenvalue weighted by molar-refractivity contribution is 8.37. The van der Waals surface area contributed by atoms with Crippen LogP contribution in [0.2, 0.25) is 0 Å². The van der Waals surface area contributed by atoms with Crippen LogP contribution in [0.1, 0.15) is 34.6 Å². The molecular weight excluding hydrogens is 416 g/mol. The summed E-state index contributed by atoms with van der Waals surface area (Å²) in [7, 11) is -1.48. The zero-order valence-corrected chi connectivity index (χ0v) is 17.6. The first-order chi connectivity index (χ1) is 12.9. The Morgan fingerprint density at radius 1 is 0.786 bits per heavy atom. The molecule has 10 nitrogen and oxygen atoms in total. The molecule has 1 rings (SSSR count). The van der Waals surface area contributed by atoms with Crippen LogP contribution in [-0.4, -0.2) is 65.5 Å². The molecule has 0 N–H and O–H groups in total. The van der Waals surface area contributed by atoms with Gasteiger partial charge in [-0.3, -0.25) is 24.0 Å². The normalized spacial score (nSPS) is 27.8. The van der Waals surface area contributed by atoms with Gasteiger partial charge >= 0.3 is 23.9 Å². The van der Waals surface area contributed by atoms with Crippen molar-refractivity contribution in [3.63, 3.8) is 0 Å². The molecule has 1 unspecified atom stereocenters. The predicted octanol–water partition coefficient (Wildman–Crippen LogP) is -0.304. The Labute approximate surface area is 168 Å². The summed E-state index contributed by atoms with van der Waals surface area (Å²) in [4.78, 5) is 57.8. The van der Waals surface area contributed by atoms with Gasteiger partial charge in [-0.2, -0.15) is 0 Å². The van der Waals surface area contributed by atoms with Crippen molar-refractivity contribution >= 4 is 49.6 Å². The van der Waals surface area contributed by atoms with E-state index in [1.54, 1.807) is 0 Å². The lowest BCUT2D eigenvalue weighted by molar-refractivity contribution is -0.237. The fourth-order valence-electron chi connectivity index (χ4n) is 2.52. The second-order valence-corrected chi connectivity index (χ2v) is 8.57. The van der Waals surface area contributed by atoms with Crippen LogP contribution in [0.3, 0.4) is 0 Å². The van der Waals surface area contributed by atoms with Gasteiger partial charge in [-0.15, -0.1) is 0 Å². The molecule has 0 aromatic rings. The SMILES string of the molecule is CC(=O)OC[C@H]1O[C@@H](S(=S)C(C)=O)[C@H](OC(C)=O)[C@@H](OC(C)=O)[C@H]1OC(C)=O. The second-order valence-electron chi connectivity index (χ2n) is 5.86. The number of carbonyl (C=O) groups excluding carboxylic acids is 5. The largest absolute Gasteiger partial charge is 0.463 e. The van der Waals surface area contributed by atoms with E-state index in [2.05, 4.69) is 0 Å². The summed E-state index contributed by atoms with van der Waals surface area (Å²) < 4.78 is 26.4. The van der Waals surface area contributed by atoms with Gasteiger partial charge in [-0.25, -0.2) is 0 Å². The zero-order valence-electron chi connectivity index (χ0n) is 16.0. The summed E-state index contributed by atoms with van der Waals surface area (Å²) in [5, 5.41) is -0.420. The number of hydrogen-bond acceptors (Lipinski definition) is 11. The molecule has 1 aliphatic rings. The van der Waals surface area contributed by atoms with Crippen molar-refractivity contribution < 1.29 is 47.7 Å². The van der Waals surface area contributed by atoms with Crippen LogP contribution in [-0.2, 0) is 68.3 Å². The van der Waals surface area contributed by atoms with E-state index in [-0.39, 0.29) is 6.61 Å². The average molecular weight is 438 g/mol.